The molecule has 0 bridgehead atoms. The molecule has 170 valence electrons. The van der Waals surface area contributed by atoms with Gasteiger partial charge in [-0.25, -0.2) is 4.79 Å². The van der Waals surface area contributed by atoms with Crippen molar-refractivity contribution in [2.24, 2.45) is 0 Å². The third kappa shape index (κ3) is 3.73. The van der Waals surface area contributed by atoms with E-state index in [4.69, 9.17) is 18.9 Å². The smallest absolute Gasteiger partial charge is 0.419 e. The molecule has 0 saturated carbocycles. The molecule has 0 aliphatic carbocycles. The second-order valence-electron chi connectivity index (χ2n) is 9.18. The summed E-state index contributed by atoms with van der Waals surface area (Å²) in [5, 5.41) is 0.887. The predicted octanol–water partition coefficient (Wildman–Crippen LogP) is 5.42. The number of para-hydroxylation sites is 1. The Kier molecular flexibility index (Phi) is 4.92. The Balaban J connectivity index is 1.49. The molecule has 2 aliphatic rings. The van der Waals surface area contributed by atoms with Gasteiger partial charge < -0.3 is 18.9 Å². The third-order valence-corrected chi connectivity index (χ3v) is 5.78. The van der Waals surface area contributed by atoms with Gasteiger partial charge in [0.05, 0.1) is 30.0 Å². The van der Waals surface area contributed by atoms with Crippen LogP contribution in [0.4, 0.5) is 4.79 Å². The summed E-state index contributed by atoms with van der Waals surface area (Å²) in [6.07, 6.45) is 2.39. The largest absolute Gasteiger partial charge is 0.497 e. The molecule has 0 fully saturated rings. The van der Waals surface area contributed by atoms with Crippen molar-refractivity contribution in [3.8, 4) is 11.5 Å². The number of fused-ring (bicyclic) bond motifs is 3. The summed E-state index contributed by atoms with van der Waals surface area (Å²) in [5.74, 6) is 0.990. The first kappa shape index (κ1) is 21.1. The standard InChI is InChI=1S/C26H25NO6/c1-26(2,3)33-25(29)27-13-18(16-7-5-6-8-20(16)27)22-12-23-19(14-31-22)24(28)17-11-15(30-4)9-10-21(17)32-23/h5-11,13-14,22-23H,12H2,1-4H3/t22-,23-/m1/s1. The van der Waals surface area contributed by atoms with E-state index >= 15 is 0 Å². The predicted molar refractivity (Wildman–Crippen MR) is 122 cm³/mol. The van der Waals surface area contributed by atoms with E-state index < -0.39 is 17.8 Å². The highest BCUT2D eigenvalue weighted by Gasteiger charge is 2.39. The molecular weight excluding hydrogens is 422 g/mol. The van der Waals surface area contributed by atoms with Crippen LogP contribution < -0.4 is 9.47 Å². The van der Waals surface area contributed by atoms with Crippen LogP contribution in [0.3, 0.4) is 0 Å². The minimum Gasteiger partial charge on any atom is -0.497 e. The first-order valence-electron chi connectivity index (χ1n) is 10.8. The molecule has 0 unspecified atom stereocenters. The Bertz CT molecular complexity index is 1300. The fraction of sp³-hybridized carbons (Fsp3) is 0.308. The molecular formula is C26H25NO6. The van der Waals surface area contributed by atoms with E-state index in [9.17, 15) is 9.59 Å². The van der Waals surface area contributed by atoms with Crippen LogP contribution in [0, 0.1) is 0 Å². The van der Waals surface area contributed by atoms with Crippen LogP contribution in [0.15, 0.2) is 60.5 Å². The van der Waals surface area contributed by atoms with Crippen LogP contribution in [0.1, 0.15) is 49.2 Å². The normalized spacial score (nSPS) is 19.6. The summed E-state index contributed by atoms with van der Waals surface area (Å²) < 4.78 is 24.5. The van der Waals surface area contributed by atoms with Crippen LogP contribution >= 0.6 is 0 Å². The molecule has 2 atom stereocenters. The molecule has 7 nitrogen and oxygen atoms in total. The van der Waals surface area contributed by atoms with Crippen LogP contribution in [0.25, 0.3) is 10.9 Å². The molecule has 3 aromatic rings. The number of ketones is 1. The van der Waals surface area contributed by atoms with Crippen LogP contribution in [-0.4, -0.2) is 35.3 Å². The number of Topliss-reactive ketones (excluding diaryl/α,β-unsaturated/α-hetero) is 1. The Morgan fingerprint density at radius 2 is 1.91 bits per heavy atom. The average Bonchev–Trinajstić information content (AvgIpc) is 3.17. The van der Waals surface area contributed by atoms with Gasteiger partial charge in [-0.1, -0.05) is 18.2 Å². The molecule has 0 N–H and O–H groups in total. The lowest BCUT2D eigenvalue weighted by Crippen LogP contribution is -2.34. The minimum absolute atomic E-state index is 0.130. The van der Waals surface area contributed by atoms with Gasteiger partial charge >= 0.3 is 6.09 Å². The van der Waals surface area contributed by atoms with Crippen molar-refractivity contribution < 1.29 is 28.5 Å². The van der Waals surface area contributed by atoms with Crippen molar-refractivity contribution in [3.63, 3.8) is 0 Å². The van der Waals surface area contributed by atoms with Crippen molar-refractivity contribution in [2.45, 2.75) is 45.0 Å². The number of nitrogens with zero attached hydrogens (tertiary/aromatic N) is 1. The Morgan fingerprint density at radius 3 is 2.67 bits per heavy atom. The number of methoxy groups -OCH3 is 1. The molecule has 2 aromatic carbocycles. The third-order valence-electron chi connectivity index (χ3n) is 5.78. The maximum atomic E-state index is 13.1. The summed E-state index contributed by atoms with van der Waals surface area (Å²) >= 11 is 0. The van der Waals surface area contributed by atoms with Crippen LogP contribution in [-0.2, 0) is 9.47 Å². The Morgan fingerprint density at radius 1 is 1.12 bits per heavy atom. The highest BCUT2D eigenvalue weighted by atomic mass is 16.6. The topological polar surface area (TPSA) is 76.0 Å². The molecule has 1 aromatic heterocycles. The highest BCUT2D eigenvalue weighted by molar-refractivity contribution is 6.12. The summed E-state index contributed by atoms with van der Waals surface area (Å²) in [7, 11) is 1.56. The SMILES string of the molecule is COc1ccc2c(c1)C(=O)C1=CO[C@@H](c3cn(C(=O)OC(C)(C)C)c4ccccc34)C[C@H]1O2. The van der Waals surface area contributed by atoms with Crippen molar-refractivity contribution in [3.05, 3.63) is 71.6 Å². The van der Waals surface area contributed by atoms with Gasteiger partial charge in [0.2, 0.25) is 0 Å². The second kappa shape index (κ2) is 7.69. The van der Waals surface area contributed by atoms with E-state index in [0.717, 1.165) is 16.5 Å². The van der Waals surface area contributed by atoms with Crippen LogP contribution in [0.5, 0.6) is 11.5 Å². The fourth-order valence-corrected chi connectivity index (χ4v) is 4.27. The van der Waals surface area contributed by atoms with Gasteiger partial charge in [0.25, 0.3) is 0 Å². The van der Waals surface area contributed by atoms with Crippen molar-refractivity contribution in [1.29, 1.82) is 0 Å². The van der Waals surface area contributed by atoms with Gasteiger partial charge in [0.15, 0.2) is 5.78 Å². The zero-order valence-electron chi connectivity index (χ0n) is 19.0. The second-order valence-corrected chi connectivity index (χ2v) is 9.18. The van der Waals surface area contributed by atoms with Crippen molar-refractivity contribution >= 4 is 22.8 Å². The maximum Gasteiger partial charge on any atom is 0.419 e. The summed E-state index contributed by atoms with van der Waals surface area (Å²) in [6, 6.07) is 12.8. The number of hydrogen-bond acceptors (Lipinski definition) is 6. The number of carbonyl (C=O) groups excluding carboxylic acids is 2. The minimum atomic E-state index is -0.617. The molecule has 0 amide bonds. The molecule has 0 saturated heterocycles. The summed E-state index contributed by atoms with van der Waals surface area (Å²) in [6.45, 7) is 5.50. The lowest BCUT2D eigenvalue weighted by atomic mass is 9.89. The summed E-state index contributed by atoms with van der Waals surface area (Å²) in [4.78, 5) is 25.9. The van der Waals surface area contributed by atoms with Crippen molar-refractivity contribution in [1.82, 2.24) is 4.57 Å². The molecule has 5 rings (SSSR count). The monoisotopic (exact) mass is 447 g/mol. The quantitative estimate of drug-likeness (QED) is 0.522. The number of benzene rings is 2. The van der Waals surface area contributed by atoms with Gasteiger partial charge in [-0.15, -0.1) is 0 Å². The average molecular weight is 447 g/mol. The maximum absolute atomic E-state index is 13.1. The van der Waals surface area contributed by atoms with Crippen molar-refractivity contribution in [2.75, 3.05) is 7.11 Å². The highest BCUT2D eigenvalue weighted by Crippen LogP contribution is 2.41. The van der Waals surface area contributed by atoms with Crippen LogP contribution in [0.2, 0.25) is 0 Å². The van der Waals surface area contributed by atoms with E-state index in [-0.39, 0.29) is 11.9 Å². The van der Waals surface area contributed by atoms with E-state index in [1.807, 2.05) is 45.0 Å². The molecule has 7 heteroatoms. The zero-order valence-corrected chi connectivity index (χ0v) is 19.0. The number of rotatable bonds is 2. The number of hydrogen-bond donors (Lipinski definition) is 0. The van der Waals surface area contributed by atoms with Gasteiger partial charge in [0, 0.05) is 23.6 Å². The Hall–Kier alpha value is -3.74. The lowest BCUT2D eigenvalue weighted by molar-refractivity contribution is 0.0531. The number of ether oxygens (including phenoxy) is 4. The van der Waals surface area contributed by atoms with E-state index in [2.05, 4.69) is 0 Å². The summed E-state index contributed by atoms with van der Waals surface area (Å²) in [5.41, 5.74) is 1.89. The number of carbonyl (C=O) groups is 2. The van der Waals surface area contributed by atoms with Gasteiger partial charge in [-0.2, -0.15) is 0 Å². The van der Waals surface area contributed by atoms with Gasteiger partial charge in [0.1, 0.15) is 29.3 Å². The fourth-order valence-electron chi connectivity index (χ4n) is 4.27. The van der Waals surface area contributed by atoms with E-state index in [0.29, 0.717) is 29.1 Å². The molecule has 3 heterocycles. The van der Waals surface area contributed by atoms with Gasteiger partial charge in [-0.05, 0) is 45.0 Å². The lowest BCUT2D eigenvalue weighted by Gasteiger charge is -2.33. The molecule has 0 spiro atoms. The zero-order chi connectivity index (χ0) is 23.3. The molecule has 33 heavy (non-hydrogen) atoms. The van der Waals surface area contributed by atoms with Gasteiger partial charge in [-0.3, -0.25) is 9.36 Å². The molecule has 2 aliphatic heterocycles. The first-order valence-corrected chi connectivity index (χ1v) is 10.8. The van der Waals surface area contributed by atoms with E-state index in [1.165, 1.54) is 10.8 Å². The molecule has 0 radical (unpaired) electrons. The first-order chi connectivity index (χ1) is 15.7. The number of aromatic nitrogens is 1. The van der Waals surface area contributed by atoms with E-state index in [1.54, 1.807) is 31.5 Å². The Labute approximate surface area is 191 Å².